The first kappa shape index (κ1) is 27.0. The lowest BCUT2D eigenvalue weighted by molar-refractivity contribution is -0.122. The molecule has 1 amide bonds. The summed E-state index contributed by atoms with van der Waals surface area (Å²) < 4.78 is 11.1. The molecule has 2 aliphatic heterocycles. The van der Waals surface area contributed by atoms with Gasteiger partial charge in [0, 0.05) is 54.1 Å². The number of piperidine rings is 1. The summed E-state index contributed by atoms with van der Waals surface area (Å²) in [6, 6.07) is 22.1. The molecule has 2 saturated heterocycles. The van der Waals surface area contributed by atoms with Crippen LogP contribution in [0.2, 0.25) is 0 Å². The van der Waals surface area contributed by atoms with Gasteiger partial charge in [0.05, 0.1) is 24.8 Å². The maximum atomic E-state index is 13.8. The summed E-state index contributed by atoms with van der Waals surface area (Å²) in [4.78, 5) is 26.9. The fraction of sp³-hybridized carbons (Fsp3) is 0.273. The van der Waals surface area contributed by atoms with E-state index in [4.69, 9.17) is 14.5 Å². The molecular weight excluding hydrogens is 532 g/mol. The molecule has 1 N–H and O–H groups in total. The fourth-order valence-corrected chi connectivity index (χ4v) is 6.45. The lowest BCUT2D eigenvalue weighted by atomic mass is 10.1. The zero-order chi connectivity index (χ0) is 28.2. The van der Waals surface area contributed by atoms with Gasteiger partial charge in [0.1, 0.15) is 11.5 Å². The number of benzene rings is 3. The van der Waals surface area contributed by atoms with E-state index in [1.54, 1.807) is 19.1 Å². The van der Waals surface area contributed by atoms with E-state index in [1.165, 1.54) is 42.0 Å². The summed E-state index contributed by atoms with van der Waals surface area (Å²) in [6.45, 7) is 2.65. The summed E-state index contributed by atoms with van der Waals surface area (Å²) in [5.74, 6) is 1.48. The van der Waals surface area contributed by atoms with Gasteiger partial charge >= 0.3 is 0 Å². The Balaban J connectivity index is 1.30. The van der Waals surface area contributed by atoms with Crippen LogP contribution in [0.4, 0.5) is 11.4 Å². The summed E-state index contributed by atoms with van der Waals surface area (Å²) >= 11 is 1.40. The van der Waals surface area contributed by atoms with Gasteiger partial charge in [0.2, 0.25) is 0 Å². The minimum atomic E-state index is -0.0516. The van der Waals surface area contributed by atoms with Crippen LogP contribution in [-0.4, -0.2) is 54.8 Å². The first-order chi connectivity index (χ1) is 20.1. The maximum Gasteiger partial charge on any atom is 0.266 e. The first-order valence-electron chi connectivity index (χ1n) is 14.0. The van der Waals surface area contributed by atoms with Gasteiger partial charge in [-0.1, -0.05) is 18.2 Å². The molecule has 0 bridgehead atoms. The number of aromatic nitrogens is 1. The van der Waals surface area contributed by atoms with E-state index >= 15 is 0 Å². The van der Waals surface area contributed by atoms with E-state index in [0.29, 0.717) is 23.0 Å². The quantitative estimate of drug-likeness (QED) is 0.232. The van der Waals surface area contributed by atoms with Crippen LogP contribution in [0.5, 0.6) is 11.5 Å². The van der Waals surface area contributed by atoms with Crippen LogP contribution in [0.3, 0.4) is 0 Å². The van der Waals surface area contributed by atoms with Gasteiger partial charge in [-0.15, -0.1) is 0 Å². The van der Waals surface area contributed by atoms with Gasteiger partial charge < -0.3 is 19.4 Å². The van der Waals surface area contributed by atoms with Crippen LogP contribution in [0.15, 0.2) is 82.8 Å². The molecule has 3 heterocycles. The number of anilines is 1. The number of aromatic amines is 1. The summed E-state index contributed by atoms with van der Waals surface area (Å²) in [5, 5.41) is 1.84. The number of H-pyrrole nitrogens is 1. The molecule has 3 aromatic carbocycles. The molecule has 0 aliphatic carbocycles. The number of carbonyl (C=O) groups excluding carboxylic acids is 1. The Bertz CT molecular complexity index is 1600. The van der Waals surface area contributed by atoms with Crippen molar-refractivity contribution in [3.05, 3.63) is 89.0 Å². The minimum Gasteiger partial charge on any atom is -0.497 e. The zero-order valence-corrected chi connectivity index (χ0v) is 24.2. The second-order valence-electron chi connectivity index (χ2n) is 10.2. The van der Waals surface area contributed by atoms with Crippen LogP contribution in [0.1, 0.15) is 30.4 Å². The second kappa shape index (κ2) is 12.1. The van der Waals surface area contributed by atoms with E-state index < -0.39 is 0 Å². The highest BCUT2D eigenvalue weighted by Gasteiger charge is 2.33. The van der Waals surface area contributed by atoms with Crippen LogP contribution >= 0.6 is 11.8 Å². The standard InChI is InChI=1S/C33H34N4O3S/c1-39-27-14-11-25(12-15-27)35-33-37(19-16-24-22-34-29-9-5-4-8-28(24)29)32(38)31(41-33)20-23-10-13-26(21-30(23)40-2)36-17-6-3-7-18-36/h4-5,8-15,20-22,34H,3,6-7,16-19H2,1-2H3. The smallest absolute Gasteiger partial charge is 0.266 e. The number of amides is 1. The molecule has 0 atom stereocenters. The number of ether oxygens (including phenoxy) is 2. The van der Waals surface area contributed by atoms with E-state index in [2.05, 4.69) is 40.2 Å². The van der Waals surface area contributed by atoms with E-state index in [1.807, 2.05) is 48.7 Å². The molecule has 8 heteroatoms. The number of para-hydroxylation sites is 1. The molecule has 7 nitrogen and oxygen atoms in total. The fourth-order valence-electron chi connectivity index (χ4n) is 5.44. The van der Waals surface area contributed by atoms with Crippen LogP contribution in [-0.2, 0) is 11.2 Å². The van der Waals surface area contributed by atoms with Crippen molar-refractivity contribution in [2.75, 3.05) is 38.8 Å². The van der Waals surface area contributed by atoms with Crippen molar-refractivity contribution in [1.82, 2.24) is 9.88 Å². The molecule has 2 fully saturated rings. The number of aliphatic imine (C=N–C) groups is 1. The van der Waals surface area contributed by atoms with E-state index in [9.17, 15) is 4.79 Å². The maximum absolute atomic E-state index is 13.8. The van der Waals surface area contributed by atoms with Crippen LogP contribution in [0, 0.1) is 0 Å². The van der Waals surface area contributed by atoms with Gasteiger partial charge in [0.25, 0.3) is 5.91 Å². The highest BCUT2D eigenvalue weighted by Crippen LogP contribution is 2.37. The third-order valence-corrected chi connectivity index (χ3v) is 8.70. The van der Waals surface area contributed by atoms with Gasteiger partial charge in [-0.25, -0.2) is 4.99 Å². The summed E-state index contributed by atoms with van der Waals surface area (Å²) in [5.41, 5.74) is 5.08. The van der Waals surface area contributed by atoms with Crippen molar-refractivity contribution < 1.29 is 14.3 Å². The topological polar surface area (TPSA) is 70.2 Å². The molecule has 0 radical (unpaired) electrons. The predicted octanol–water partition coefficient (Wildman–Crippen LogP) is 7.02. The highest BCUT2D eigenvalue weighted by molar-refractivity contribution is 8.18. The molecular formula is C33H34N4O3S. The highest BCUT2D eigenvalue weighted by atomic mass is 32.2. The number of carbonyl (C=O) groups is 1. The van der Waals surface area contributed by atoms with Crippen molar-refractivity contribution in [2.24, 2.45) is 4.99 Å². The van der Waals surface area contributed by atoms with Gasteiger partial charge in [0.15, 0.2) is 5.17 Å². The Morgan fingerprint density at radius 3 is 2.56 bits per heavy atom. The lowest BCUT2D eigenvalue weighted by Gasteiger charge is -2.29. The number of rotatable bonds is 8. The Hall–Kier alpha value is -4.17. The first-order valence-corrected chi connectivity index (χ1v) is 14.9. The number of fused-ring (bicyclic) bond motifs is 1. The van der Waals surface area contributed by atoms with Crippen molar-refractivity contribution in [3.8, 4) is 11.5 Å². The van der Waals surface area contributed by atoms with Gasteiger partial charge in [-0.2, -0.15) is 0 Å². The average Bonchev–Trinajstić information content (AvgIpc) is 3.56. The number of nitrogens with zero attached hydrogens (tertiary/aromatic N) is 3. The van der Waals surface area contributed by atoms with Gasteiger partial charge in [-0.05, 0) is 91.5 Å². The van der Waals surface area contributed by atoms with Crippen molar-refractivity contribution in [1.29, 1.82) is 0 Å². The van der Waals surface area contributed by atoms with Gasteiger partial charge in [-0.3, -0.25) is 9.69 Å². The molecule has 210 valence electrons. The van der Waals surface area contributed by atoms with E-state index in [-0.39, 0.29) is 5.91 Å². The third kappa shape index (κ3) is 5.84. The molecule has 41 heavy (non-hydrogen) atoms. The summed E-state index contributed by atoms with van der Waals surface area (Å²) in [7, 11) is 3.33. The Morgan fingerprint density at radius 1 is 0.976 bits per heavy atom. The molecule has 0 unspecified atom stereocenters. The molecule has 6 rings (SSSR count). The minimum absolute atomic E-state index is 0.0516. The summed E-state index contributed by atoms with van der Waals surface area (Å²) in [6.07, 6.45) is 8.38. The molecule has 0 saturated carbocycles. The molecule has 0 spiro atoms. The molecule has 4 aromatic rings. The van der Waals surface area contributed by atoms with Crippen LogP contribution in [0.25, 0.3) is 17.0 Å². The van der Waals surface area contributed by atoms with Crippen molar-refractivity contribution >= 4 is 51.2 Å². The largest absolute Gasteiger partial charge is 0.497 e. The number of thioether (sulfide) groups is 1. The third-order valence-electron chi connectivity index (χ3n) is 7.69. The number of amidine groups is 1. The lowest BCUT2D eigenvalue weighted by Crippen LogP contribution is -2.31. The van der Waals surface area contributed by atoms with Crippen LogP contribution < -0.4 is 14.4 Å². The number of methoxy groups -OCH3 is 2. The monoisotopic (exact) mass is 566 g/mol. The average molecular weight is 567 g/mol. The molecule has 2 aliphatic rings. The molecule has 1 aromatic heterocycles. The predicted molar refractivity (Wildman–Crippen MR) is 168 cm³/mol. The number of hydrogen-bond donors (Lipinski definition) is 1. The normalized spacial score (nSPS) is 17.7. The zero-order valence-electron chi connectivity index (χ0n) is 23.4. The number of hydrogen-bond acceptors (Lipinski definition) is 6. The number of nitrogens with one attached hydrogen (secondary N) is 1. The SMILES string of the molecule is COc1ccc(N=C2SC(=Cc3ccc(N4CCCCC4)cc3OC)C(=O)N2CCc2c[nH]c3ccccc23)cc1. The van der Waals surface area contributed by atoms with Crippen molar-refractivity contribution in [3.63, 3.8) is 0 Å². The second-order valence-corrected chi connectivity index (χ2v) is 11.3. The Labute approximate surface area is 244 Å². The van der Waals surface area contributed by atoms with Crippen molar-refractivity contribution in [2.45, 2.75) is 25.7 Å². The Morgan fingerprint density at radius 2 is 1.78 bits per heavy atom. The Kier molecular flexibility index (Phi) is 8.00. The van der Waals surface area contributed by atoms with E-state index in [0.717, 1.165) is 47.0 Å².